The number of sulfonamides is 1. The van der Waals surface area contributed by atoms with Crippen LogP contribution in [0.1, 0.15) is 5.56 Å². The molecule has 0 saturated heterocycles. The number of rotatable bonds is 5. The largest absolute Gasteiger partial charge is 0.415 e. The zero-order valence-electron chi connectivity index (χ0n) is 9.48. The molecule has 1 rings (SSSR count). The van der Waals surface area contributed by atoms with Crippen molar-refractivity contribution in [3.05, 3.63) is 29.8 Å². The van der Waals surface area contributed by atoms with E-state index >= 15 is 0 Å². The smallest absolute Gasteiger partial charge is 0.382 e. The molecule has 1 aromatic rings. The van der Waals surface area contributed by atoms with Crippen molar-refractivity contribution in [2.75, 3.05) is 6.54 Å². The van der Waals surface area contributed by atoms with Crippen LogP contribution in [0.3, 0.4) is 0 Å². The van der Waals surface area contributed by atoms with Crippen molar-refractivity contribution < 1.29 is 26.7 Å². The van der Waals surface area contributed by atoms with Crippen molar-refractivity contribution >= 4 is 26.0 Å². The summed E-state index contributed by atoms with van der Waals surface area (Å²) in [4.78, 5) is -0.161. The van der Waals surface area contributed by atoms with Crippen LogP contribution in [0.25, 0.3) is 0 Å². The van der Waals surface area contributed by atoms with E-state index in [1.807, 2.05) is 0 Å². The second-order valence-electron chi connectivity index (χ2n) is 3.69. The zero-order valence-corrected chi connectivity index (χ0v) is 11.9. The minimum atomic E-state index is -4.86. The first-order valence-corrected chi connectivity index (χ1v) is 7.66. The summed E-state index contributed by atoms with van der Waals surface area (Å²) in [5.74, 6) is 0. The fourth-order valence-corrected chi connectivity index (χ4v) is 2.56. The van der Waals surface area contributed by atoms with Crippen molar-refractivity contribution in [1.82, 2.24) is 4.72 Å². The fraction of sp³-hybridized carbons (Fsp3) is 0.400. The molecule has 0 bridgehead atoms. The monoisotopic (exact) mass is 361 g/mol. The van der Waals surface area contributed by atoms with Gasteiger partial charge in [0.25, 0.3) is 0 Å². The Morgan fingerprint density at radius 3 is 2.21 bits per heavy atom. The molecule has 4 nitrogen and oxygen atoms in total. The van der Waals surface area contributed by atoms with Gasteiger partial charge in [0, 0.05) is 11.9 Å². The van der Waals surface area contributed by atoms with Gasteiger partial charge in [0.1, 0.15) is 0 Å². The SMILES string of the molecule is O=S(=O)(NCC(O)C(F)(F)F)c1ccc(CBr)cc1. The summed E-state index contributed by atoms with van der Waals surface area (Å²) >= 11 is 3.18. The van der Waals surface area contributed by atoms with Crippen molar-refractivity contribution in [1.29, 1.82) is 0 Å². The third-order valence-corrected chi connectivity index (χ3v) is 4.32. The molecule has 0 spiro atoms. The van der Waals surface area contributed by atoms with Crippen LogP contribution in [0.2, 0.25) is 0 Å². The number of benzene rings is 1. The van der Waals surface area contributed by atoms with Gasteiger partial charge >= 0.3 is 6.18 Å². The average Bonchev–Trinajstić information content (AvgIpc) is 2.35. The Morgan fingerprint density at radius 1 is 1.26 bits per heavy atom. The fourth-order valence-electron chi connectivity index (χ4n) is 1.15. The molecule has 0 aromatic heterocycles. The lowest BCUT2D eigenvalue weighted by Gasteiger charge is -2.15. The van der Waals surface area contributed by atoms with Gasteiger partial charge in [-0.05, 0) is 17.7 Å². The lowest BCUT2D eigenvalue weighted by atomic mass is 10.2. The van der Waals surface area contributed by atoms with Crippen molar-refractivity contribution in [3.63, 3.8) is 0 Å². The van der Waals surface area contributed by atoms with Gasteiger partial charge in [-0.15, -0.1) is 0 Å². The molecular weight excluding hydrogens is 351 g/mol. The van der Waals surface area contributed by atoms with Crippen molar-refractivity contribution in [3.8, 4) is 0 Å². The summed E-state index contributed by atoms with van der Waals surface area (Å²) < 4.78 is 61.1. The Bertz CT molecular complexity index is 516. The van der Waals surface area contributed by atoms with E-state index in [0.717, 1.165) is 5.56 Å². The Morgan fingerprint density at radius 2 is 1.79 bits per heavy atom. The van der Waals surface area contributed by atoms with Crippen LogP contribution in [-0.2, 0) is 15.4 Å². The Hall–Kier alpha value is -0.640. The third kappa shape index (κ3) is 4.75. The molecule has 0 aliphatic rings. The second-order valence-corrected chi connectivity index (χ2v) is 6.01. The number of hydrogen-bond acceptors (Lipinski definition) is 3. The maximum absolute atomic E-state index is 12.0. The lowest BCUT2D eigenvalue weighted by molar-refractivity contribution is -0.200. The predicted octanol–water partition coefficient (Wildman–Crippen LogP) is 1.78. The predicted molar refractivity (Wildman–Crippen MR) is 66.3 cm³/mol. The summed E-state index contributed by atoms with van der Waals surface area (Å²) in [6.07, 6.45) is -7.59. The van der Waals surface area contributed by atoms with Crippen LogP contribution < -0.4 is 4.72 Å². The quantitative estimate of drug-likeness (QED) is 0.785. The van der Waals surface area contributed by atoms with Crippen LogP contribution >= 0.6 is 15.9 Å². The van der Waals surface area contributed by atoms with Gasteiger partial charge in [0.05, 0.1) is 4.90 Å². The molecule has 1 aromatic carbocycles. The molecule has 108 valence electrons. The standard InChI is InChI=1S/C10H11BrF3NO3S/c11-5-7-1-3-8(4-2-7)19(17,18)15-6-9(16)10(12,13)14/h1-4,9,15-16H,5-6H2. The van der Waals surface area contributed by atoms with E-state index in [4.69, 9.17) is 5.11 Å². The van der Waals surface area contributed by atoms with E-state index in [1.165, 1.54) is 24.3 Å². The molecule has 0 heterocycles. The third-order valence-electron chi connectivity index (χ3n) is 2.23. The Labute approximate surface area is 116 Å². The topological polar surface area (TPSA) is 66.4 Å². The minimum Gasteiger partial charge on any atom is -0.382 e. The van der Waals surface area contributed by atoms with Crippen LogP contribution in [0, 0.1) is 0 Å². The van der Waals surface area contributed by atoms with E-state index in [1.54, 1.807) is 4.72 Å². The number of aliphatic hydroxyl groups is 1. The summed E-state index contributed by atoms with van der Waals surface area (Å²) in [5.41, 5.74) is 0.828. The van der Waals surface area contributed by atoms with Crippen LogP contribution in [0.5, 0.6) is 0 Å². The van der Waals surface area contributed by atoms with Gasteiger partial charge in [-0.2, -0.15) is 13.2 Å². The highest BCUT2D eigenvalue weighted by Gasteiger charge is 2.38. The van der Waals surface area contributed by atoms with Crippen molar-refractivity contribution in [2.24, 2.45) is 0 Å². The van der Waals surface area contributed by atoms with Gasteiger partial charge in [-0.1, -0.05) is 28.1 Å². The van der Waals surface area contributed by atoms with E-state index in [0.29, 0.717) is 5.33 Å². The number of aliphatic hydroxyl groups excluding tert-OH is 1. The highest BCUT2D eigenvalue weighted by atomic mass is 79.9. The molecule has 0 saturated carbocycles. The normalized spacial score (nSPS) is 14.4. The molecule has 1 unspecified atom stereocenters. The first-order chi connectivity index (χ1) is 8.66. The zero-order chi connectivity index (χ0) is 14.7. The highest BCUT2D eigenvalue weighted by Crippen LogP contribution is 2.20. The Kier molecular flexibility index (Phi) is 5.36. The Balaban J connectivity index is 2.76. The first-order valence-electron chi connectivity index (χ1n) is 5.06. The molecular formula is C10H11BrF3NO3S. The van der Waals surface area contributed by atoms with E-state index in [2.05, 4.69) is 15.9 Å². The molecule has 0 fully saturated rings. The maximum Gasteiger partial charge on any atom is 0.415 e. The molecule has 19 heavy (non-hydrogen) atoms. The van der Waals surface area contributed by atoms with Crippen LogP contribution in [0.15, 0.2) is 29.2 Å². The van der Waals surface area contributed by atoms with Gasteiger partial charge in [0.15, 0.2) is 6.10 Å². The van der Waals surface area contributed by atoms with Gasteiger partial charge < -0.3 is 5.11 Å². The number of hydrogen-bond donors (Lipinski definition) is 2. The molecule has 0 radical (unpaired) electrons. The molecule has 0 amide bonds. The average molecular weight is 362 g/mol. The highest BCUT2D eigenvalue weighted by molar-refractivity contribution is 9.08. The van der Waals surface area contributed by atoms with E-state index < -0.39 is 28.8 Å². The molecule has 0 aliphatic heterocycles. The molecule has 9 heteroatoms. The second kappa shape index (κ2) is 6.21. The molecule has 0 aliphatic carbocycles. The minimum absolute atomic E-state index is 0.161. The van der Waals surface area contributed by atoms with Gasteiger partial charge in [-0.25, -0.2) is 13.1 Å². The number of halogens is 4. The van der Waals surface area contributed by atoms with Gasteiger partial charge in [-0.3, -0.25) is 0 Å². The number of alkyl halides is 4. The molecule has 2 N–H and O–H groups in total. The van der Waals surface area contributed by atoms with Gasteiger partial charge in [0.2, 0.25) is 10.0 Å². The summed E-state index contributed by atoms with van der Waals surface area (Å²) in [6, 6.07) is 5.62. The van der Waals surface area contributed by atoms with Crippen LogP contribution in [0.4, 0.5) is 13.2 Å². The number of nitrogens with one attached hydrogen (secondary N) is 1. The van der Waals surface area contributed by atoms with Crippen LogP contribution in [-0.4, -0.2) is 32.3 Å². The van der Waals surface area contributed by atoms with Crippen molar-refractivity contribution in [2.45, 2.75) is 22.5 Å². The molecule has 1 atom stereocenters. The van der Waals surface area contributed by atoms with E-state index in [9.17, 15) is 21.6 Å². The summed E-state index contributed by atoms with van der Waals surface area (Å²) in [5, 5.41) is 9.26. The first kappa shape index (κ1) is 16.4. The summed E-state index contributed by atoms with van der Waals surface area (Å²) in [7, 11) is -4.07. The lowest BCUT2D eigenvalue weighted by Crippen LogP contribution is -2.40. The summed E-state index contributed by atoms with van der Waals surface area (Å²) in [6.45, 7) is -1.12. The van der Waals surface area contributed by atoms with E-state index in [-0.39, 0.29) is 4.90 Å². The maximum atomic E-state index is 12.0.